The van der Waals surface area contributed by atoms with Crippen LogP contribution < -0.4 is 10.1 Å². The van der Waals surface area contributed by atoms with Crippen molar-refractivity contribution in [2.45, 2.75) is 27.2 Å². The summed E-state index contributed by atoms with van der Waals surface area (Å²) in [6, 6.07) is 6.18. The van der Waals surface area contributed by atoms with Crippen LogP contribution in [0, 0.1) is 13.8 Å². The second-order valence-electron chi connectivity index (χ2n) is 3.80. The van der Waals surface area contributed by atoms with E-state index in [9.17, 15) is 0 Å². The molecule has 15 heavy (non-hydrogen) atoms. The lowest BCUT2D eigenvalue weighted by molar-refractivity contribution is 0.312. The van der Waals surface area contributed by atoms with Gasteiger partial charge in [0, 0.05) is 6.54 Å². The van der Waals surface area contributed by atoms with E-state index in [1.807, 2.05) is 12.1 Å². The van der Waals surface area contributed by atoms with E-state index in [1.165, 1.54) is 17.5 Å². The third kappa shape index (κ3) is 3.92. The zero-order valence-electron chi connectivity index (χ0n) is 9.97. The Balaban J connectivity index is 2.34. The highest BCUT2D eigenvalue weighted by atomic mass is 16.5. The van der Waals surface area contributed by atoms with E-state index >= 15 is 0 Å². The summed E-state index contributed by atoms with van der Waals surface area (Å²) >= 11 is 0. The van der Waals surface area contributed by atoms with Crippen molar-refractivity contribution >= 4 is 0 Å². The molecule has 0 aromatic heterocycles. The van der Waals surface area contributed by atoms with Crippen LogP contribution >= 0.6 is 0 Å². The molecular formula is C13H21NO. The summed E-state index contributed by atoms with van der Waals surface area (Å²) in [6.07, 6.45) is 1.17. The van der Waals surface area contributed by atoms with E-state index in [2.05, 4.69) is 32.2 Å². The van der Waals surface area contributed by atoms with E-state index in [0.29, 0.717) is 0 Å². The SMILES string of the molecule is CCCNCCOc1cccc(C)c1C. The molecule has 0 radical (unpaired) electrons. The Kier molecular flexibility index (Phi) is 5.19. The van der Waals surface area contributed by atoms with Crippen molar-refractivity contribution < 1.29 is 4.74 Å². The maximum atomic E-state index is 5.70. The van der Waals surface area contributed by atoms with Crippen molar-refractivity contribution in [3.05, 3.63) is 29.3 Å². The number of hydrogen-bond donors (Lipinski definition) is 1. The fraction of sp³-hybridized carbons (Fsp3) is 0.538. The van der Waals surface area contributed by atoms with Gasteiger partial charge in [-0.3, -0.25) is 0 Å². The van der Waals surface area contributed by atoms with Crippen molar-refractivity contribution in [3.8, 4) is 5.75 Å². The van der Waals surface area contributed by atoms with Gasteiger partial charge in [-0.1, -0.05) is 19.1 Å². The highest BCUT2D eigenvalue weighted by molar-refractivity contribution is 5.38. The molecule has 0 amide bonds. The molecule has 0 saturated carbocycles. The molecule has 0 atom stereocenters. The summed E-state index contributed by atoms with van der Waals surface area (Å²) in [7, 11) is 0. The van der Waals surface area contributed by atoms with Crippen LogP contribution in [-0.4, -0.2) is 19.7 Å². The highest BCUT2D eigenvalue weighted by Crippen LogP contribution is 2.20. The zero-order chi connectivity index (χ0) is 11.1. The number of hydrogen-bond acceptors (Lipinski definition) is 2. The van der Waals surface area contributed by atoms with E-state index < -0.39 is 0 Å². The average Bonchev–Trinajstić information content (AvgIpc) is 2.24. The van der Waals surface area contributed by atoms with Crippen LogP contribution in [0.4, 0.5) is 0 Å². The topological polar surface area (TPSA) is 21.3 Å². The number of aryl methyl sites for hydroxylation is 1. The Labute approximate surface area is 92.6 Å². The average molecular weight is 207 g/mol. The molecule has 0 bridgehead atoms. The van der Waals surface area contributed by atoms with Crippen molar-refractivity contribution in [2.24, 2.45) is 0 Å². The second-order valence-corrected chi connectivity index (χ2v) is 3.80. The molecule has 0 saturated heterocycles. The van der Waals surface area contributed by atoms with Gasteiger partial charge in [-0.05, 0) is 44.0 Å². The lowest BCUT2D eigenvalue weighted by atomic mass is 10.1. The standard InChI is InChI=1S/C13H21NO/c1-4-8-14-9-10-15-13-7-5-6-11(2)12(13)3/h5-7,14H,4,8-10H2,1-3H3. The minimum absolute atomic E-state index is 0.740. The quantitative estimate of drug-likeness (QED) is 0.724. The molecule has 1 aromatic rings. The van der Waals surface area contributed by atoms with Crippen molar-refractivity contribution in [1.82, 2.24) is 5.32 Å². The largest absolute Gasteiger partial charge is 0.492 e. The fourth-order valence-electron chi connectivity index (χ4n) is 1.42. The smallest absolute Gasteiger partial charge is 0.122 e. The normalized spacial score (nSPS) is 10.3. The van der Waals surface area contributed by atoms with Crippen molar-refractivity contribution in [2.75, 3.05) is 19.7 Å². The number of ether oxygens (including phenoxy) is 1. The molecule has 0 aliphatic carbocycles. The first-order chi connectivity index (χ1) is 7.25. The molecule has 0 aliphatic heterocycles. The van der Waals surface area contributed by atoms with Gasteiger partial charge >= 0.3 is 0 Å². The fourth-order valence-corrected chi connectivity index (χ4v) is 1.42. The van der Waals surface area contributed by atoms with Crippen LogP contribution in [0.5, 0.6) is 5.75 Å². The van der Waals surface area contributed by atoms with Gasteiger partial charge in [-0.15, -0.1) is 0 Å². The molecule has 0 heterocycles. The molecular weight excluding hydrogens is 186 g/mol. The van der Waals surface area contributed by atoms with Gasteiger partial charge in [0.15, 0.2) is 0 Å². The predicted octanol–water partition coefficient (Wildman–Crippen LogP) is 2.68. The van der Waals surface area contributed by atoms with Gasteiger partial charge in [0.05, 0.1) is 0 Å². The Morgan fingerprint density at radius 2 is 2.00 bits per heavy atom. The summed E-state index contributed by atoms with van der Waals surface area (Å²) < 4.78 is 5.70. The van der Waals surface area contributed by atoms with Gasteiger partial charge in [-0.25, -0.2) is 0 Å². The zero-order valence-corrected chi connectivity index (χ0v) is 9.97. The first-order valence-electron chi connectivity index (χ1n) is 5.65. The minimum atomic E-state index is 0.740. The Hall–Kier alpha value is -1.02. The lowest BCUT2D eigenvalue weighted by Crippen LogP contribution is -2.21. The molecule has 2 nitrogen and oxygen atoms in total. The first kappa shape index (κ1) is 12.1. The van der Waals surface area contributed by atoms with Crippen LogP contribution in [-0.2, 0) is 0 Å². The number of benzene rings is 1. The molecule has 0 fully saturated rings. The summed E-state index contributed by atoms with van der Waals surface area (Å²) in [5.74, 6) is 1.01. The number of rotatable bonds is 6. The lowest BCUT2D eigenvalue weighted by Gasteiger charge is -2.10. The van der Waals surface area contributed by atoms with Crippen LogP contribution in [0.1, 0.15) is 24.5 Å². The molecule has 0 spiro atoms. The van der Waals surface area contributed by atoms with E-state index in [-0.39, 0.29) is 0 Å². The van der Waals surface area contributed by atoms with Crippen LogP contribution in [0.15, 0.2) is 18.2 Å². The Morgan fingerprint density at radius 3 is 2.73 bits per heavy atom. The summed E-state index contributed by atoms with van der Waals surface area (Å²) in [6.45, 7) is 9.10. The van der Waals surface area contributed by atoms with E-state index in [4.69, 9.17) is 4.74 Å². The van der Waals surface area contributed by atoms with Crippen molar-refractivity contribution in [1.29, 1.82) is 0 Å². The predicted molar refractivity (Wildman–Crippen MR) is 64.6 cm³/mol. The maximum absolute atomic E-state index is 5.70. The molecule has 0 aliphatic rings. The van der Waals surface area contributed by atoms with Crippen molar-refractivity contribution in [3.63, 3.8) is 0 Å². The summed E-state index contributed by atoms with van der Waals surface area (Å²) in [4.78, 5) is 0. The van der Waals surface area contributed by atoms with E-state index in [1.54, 1.807) is 0 Å². The minimum Gasteiger partial charge on any atom is -0.492 e. The Bertz CT molecular complexity index is 297. The second kappa shape index (κ2) is 6.46. The molecule has 84 valence electrons. The number of nitrogens with one attached hydrogen (secondary N) is 1. The van der Waals surface area contributed by atoms with Gasteiger partial charge in [0.1, 0.15) is 12.4 Å². The van der Waals surface area contributed by atoms with Crippen LogP contribution in [0.25, 0.3) is 0 Å². The maximum Gasteiger partial charge on any atom is 0.122 e. The van der Waals surface area contributed by atoms with Gasteiger partial charge in [-0.2, -0.15) is 0 Å². The van der Waals surface area contributed by atoms with Gasteiger partial charge in [0.2, 0.25) is 0 Å². The summed E-state index contributed by atoms with van der Waals surface area (Å²) in [5, 5.41) is 3.31. The van der Waals surface area contributed by atoms with Crippen LogP contribution in [0.2, 0.25) is 0 Å². The first-order valence-corrected chi connectivity index (χ1v) is 5.65. The van der Waals surface area contributed by atoms with Crippen LogP contribution in [0.3, 0.4) is 0 Å². The highest BCUT2D eigenvalue weighted by Gasteiger charge is 2.00. The molecule has 1 aromatic carbocycles. The summed E-state index contributed by atoms with van der Waals surface area (Å²) in [5.41, 5.74) is 2.53. The third-order valence-electron chi connectivity index (χ3n) is 2.52. The van der Waals surface area contributed by atoms with Gasteiger partial charge < -0.3 is 10.1 Å². The van der Waals surface area contributed by atoms with E-state index in [0.717, 1.165) is 25.4 Å². The molecule has 1 N–H and O–H groups in total. The van der Waals surface area contributed by atoms with Gasteiger partial charge in [0.25, 0.3) is 0 Å². The monoisotopic (exact) mass is 207 g/mol. The third-order valence-corrected chi connectivity index (χ3v) is 2.52. The molecule has 0 unspecified atom stereocenters. The molecule has 1 rings (SSSR count). The Morgan fingerprint density at radius 1 is 1.20 bits per heavy atom. The molecule has 2 heteroatoms.